The summed E-state index contributed by atoms with van der Waals surface area (Å²) in [7, 11) is 0. The Labute approximate surface area is 107 Å². The van der Waals surface area contributed by atoms with Crippen LogP contribution in [0.1, 0.15) is 5.56 Å². The van der Waals surface area contributed by atoms with Crippen molar-refractivity contribution in [2.45, 2.75) is 5.75 Å². The molecule has 2 rings (SSSR count). The highest BCUT2D eigenvalue weighted by atomic mass is 32.2. The minimum Gasteiger partial charge on any atom is -0.494 e. The number of hydrogen-bond acceptors (Lipinski definition) is 4. The van der Waals surface area contributed by atoms with Crippen molar-refractivity contribution in [3.05, 3.63) is 41.7 Å². The van der Waals surface area contributed by atoms with Gasteiger partial charge in [-0.3, -0.25) is 4.57 Å². The Morgan fingerprint density at radius 1 is 1.28 bits per heavy atom. The van der Waals surface area contributed by atoms with Gasteiger partial charge in [-0.15, -0.1) is 0 Å². The van der Waals surface area contributed by atoms with Crippen LogP contribution in [0.25, 0.3) is 5.69 Å². The minimum atomic E-state index is -0.398. The first-order valence-electron chi connectivity index (χ1n) is 5.03. The fraction of sp³-hybridized carbons (Fsp3) is 0.0833. The second-order valence-electron chi connectivity index (χ2n) is 3.54. The molecule has 0 unspecified atom stereocenters. The van der Waals surface area contributed by atoms with Gasteiger partial charge in [0.2, 0.25) is 5.88 Å². The Hall–Kier alpha value is -2.13. The van der Waals surface area contributed by atoms with Crippen molar-refractivity contribution < 1.29 is 14.6 Å². The molecule has 0 bridgehead atoms. The lowest BCUT2D eigenvalue weighted by Gasteiger charge is -2.06. The maximum Gasteiger partial charge on any atom is 0.202 e. The van der Waals surface area contributed by atoms with E-state index in [9.17, 15) is 14.6 Å². The lowest BCUT2D eigenvalue weighted by atomic mass is 10.3. The fourth-order valence-corrected chi connectivity index (χ4v) is 2.03. The molecular formula is C12H9FN2O2S. The van der Waals surface area contributed by atoms with Crippen molar-refractivity contribution in [3.63, 3.8) is 0 Å². The minimum absolute atomic E-state index is 0.151. The van der Waals surface area contributed by atoms with Crippen molar-refractivity contribution >= 4 is 11.8 Å². The van der Waals surface area contributed by atoms with E-state index in [4.69, 9.17) is 5.26 Å². The molecule has 0 radical (unpaired) electrons. The summed E-state index contributed by atoms with van der Waals surface area (Å²) < 4.78 is 14.0. The van der Waals surface area contributed by atoms with Gasteiger partial charge < -0.3 is 10.2 Å². The topological polar surface area (TPSA) is 69.2 Å². The van der Waals surface area contributed by atoms with Crippen LogP contribution in [-0.2, 0) is 5.75 Å². The van der Waals surface area contributed by atoms with E-state index >= 15 is 0 Å². The zero-order chi connectivity index (χ0) is 13.1. The van der Waals surface area contributed by atoms with E-state index in [-0.39, 0.29) is 17.5 Å². The third kappa shape index (κ3) is 2.26. The summed E-state index contributed by atoms with van der Waals surface area (Å²) in [4.78, 5) is 0. The number of aromatic nitrogens is 1. The summed E-state index contributed by atoms with van der Waals surface area (Å²) in [6, 6.07) is 6.73. The van der Waals surface area contributed by atoms with Crippen molar-refractivity contribution in [2.75, 3.05) is 0 Å². The average Bonchev–Trinajstić information content (AvgIpc) is 2.63. The second-order valence-corrected chi connectivity index (χ2v) is 4.30. The molecule has 0 aliphatic rings. The molecule has 0 saturated heterocycles. The standard InChI is InChI=1S/C12H9FN2O2S/c13-9-1-3-10(4-2-9)15-11(16)5-8(12(15)17)6-18-7-14/h1-5,16-17H,6H2. The van der Waals surface area contributed by atoms with Gasteiger partial charge in [-0.2, -0.15) is 5.26 Å². The molecule has 0 atom stereocenters. The number of halogens is 1. The number of thiocyanates is 1. The van der Waals surface area contributed by atoms with E-state index in [1.165, 1.54) is 34.9 Å². The molecule has 1 heterocycles. The molecule has 2 aromatic rings. The first-order valence-corrected chi connectivity index (χ1v) is 6.01. The lowest BCUT2D eigenvalue weighted by Crippen LogP contribution is -1.93. The molecule has 0 fully saturated rings. The molecule has 92 valence electrons. The molecule has 0 saturated carbocycles. The predicted octanol–water partition coefficient (Wildman–Crippen LogP) is 2.74. The number of thioether (sulfide) groups is 1. The highest BCUT2D eigenvalue weighted by Crippen LogP contribution is 2.33. The van der Waals surface area contributed by atoms with Gasteiger partial charge in [0.15, 0.2) is 5.88 Å². The third-order valence-corrected chi connectivity index (χ3v) is 2.99. The van der Waals surface area contributed by atoms with Gasteiger partial charge in [0.25, 0.3) is 0 Å². The smallest absolute Gasteiger partial charge is 0.202 e. The summed E-state index contributed by atoms with van der Waals surface area (Å²) >= 11 is 0.956. The molecule has 4 nitrogen and oxygen atoms in total. The maximum atomic E-state index is 12.8. The van der Waals surface area contributed by atoms with Crippen LogP contribution in [-0.4, -0.2) is 14.8 Å². The van der Waals surface area contributed by atoms with Gasteiger partial charge in [-0.05, 0) is 36.0 Å². The molecular weight excluding hydrogens is 255 g/mol. The van der Waals surface area contributed by atoms with Gasteiger partial charge in [0.1, 0.15) is 11.2 Å². The number of rotatable bonds is 3. The molecule has 2 N–H and O–H groups in total. The summed E-state index contributed by atoms with van der Waals surface area (Å²) in [5.41, 5.74) is 0.892. The monoisotopic (exact) mass is 264 g/mol. The van der Waals surface area contributed by atoms with Crippen molar-refractivity contribution in [2.24, 2.45) is 0 Å². The van der Waals surface area contributed by atoms with Gasteiger partial charge in [-0.1, -0.05) is 0 Å². The Morgan fingerprint density at radius 2 is 1.94 bits per heavy atom. The quantitative estimate of drug-likeness (QED) is 0.836. The normalized spacial score (nSPS) is 10.2. The van der Waals surface area contributed by atoms with Crippen LogP contribution in [0.2, 0.25) is 0 Å². The summed E-state index contributed by atoms with van der Waals surface area (Å²) in [5.74, 6) is -0.441. The zero-order valence-electron chi connectivity index (χ0n) is 9.17. The Kier molecular flexibility index (Phi) is 3.44. The number of nitriles is 1. The van der Waals surface area contributed by atoms with Crippen LogP contribution < -0.4 is 0 Å². The lowest BCUT2D eigenvalue weighted by molar-refractivity contribution is 0.401. The first-order chi connectivity index (χ1) is 8.63. The molecule has 0 spiro atoms. The van der Waals surface area contributed by atoms with Crippen LogP contribution in [0.3, 0.4) is 0 Å². The van der Waals surface area contributed by atoms with E-state index in [1.54, 1.807) is 0 Å². The van der Waals surface area contributed by atoms with E-state index in [2.05, 4.69) is 0 Å². The summed E-state index contributed by atoms with van der Waals surface area (Å²) in [6.07, 6.45) is 0. The third-order valence-electron chi connectivity index (χ3n) is 2.41. The Balaban J connectivity index is 2.42. The van der Waals surface area contributed by atoms with Gasteiger partial charge in [-0.25, -0.2) is 4.39 Å². The molecule has 1 aromatic carbocycles. The van der Waals surface area contributed by atoms with E-state index in [0.29, 0.717) is 11.3 Å². The average molecular weight is 264 g/mol. The van der Waals surface area contributed by atoms with Gasteiger partial charge >= 0.3 is 0 Å². The number of nitrogens with zero attached hydrogens (tertiary/aromatic N) is 2. The highest BCUT2D eigenvalue weighted by Gasteiger charge is 2.15. The van der Waals surface area contributed by atoms with Crippen LogP contribution in [0.15, 0.2) is 30.3 Å². The molecule has 0 aliphatic heterocycles. The van der Waals surface area contributed by atoms with Crippen molar-refractivity contribution in [1.82, 2.24) is 4.57 Å². The number of aromatic hydroxyl groups is 2. The summed E-state index contributed by atoms with van der Waals surface area (Å²) in [6.45, 7) is 0. The molecule has 0 aliphatic carbocycles. The fourth-order valence-electron chi connectivity index (χ4n) is 1.60. The number of hydrogen-bond donors (Lipinski definition) is 2. The molecule has 0 amide bonds. The summed E-state index contributed by atoms with van der Waals surface area (Å²) in [5, 5.41) is 30.0. The molecule has 18 heavy (non-hydrogen) atoms. The van der Waals surface area contributed by atoms with E-state index < -0.39 is 5.82 Å². The van der Waals surface area contributed by atoms with E-state index in [0.717, 1.165) is 11.8 Å². The Morgan fingerprint density at radius 3 is 2.56 bits per heavy atom. The van der Waals surface area contributed by atoms with Crippen molar-refractivity contribution in [3.8, 4) is 22.8 Å². The van der Waals surface area contributed by atoms with E-state index in [1.807, 2.05) is 5.40 Å². The molecule has 1 aromatic heterocycles. The van der Waals surface area contributed by atoms with Crippen LogP contribution >= 0.6 is 11.8 Å². The largest absolute Gasteiger partial charge is 0.494 e. The van der Waals surface area contributed by atoms with Gasteiger partial charge in [0, 0.05) is 17.4 Å². The highest BCUT2D eigenvalue weighted by molar-refractivity contribution is 8.02. The Bertz CT molecular complexity index is 602. The van der Waals surface area contributed by atoms with Crippen LogP contribution in [0.5, 0.6) is 11.8 Å². The van der Waals surface area contributed by atoms with Gasteiger partial charge in [0.05, 0.1) is 5.69 Å². The van der Waals surface area contributed by atoms with Crippen molar-refractivity contribution in [1.29, 1.82) is 5.26 Å². The zero-order valence-corrected chi connectivity index (χ0v) is 9.99. The van der Waals surface area contributed by atoms with Crippen LogP contribution in [0.4, 0.5) is 4.39 Å². The SMILES string of the molecule is N#CSCc1cc(O)n(-c2ccc(F)cc2)c1O. The molecule has 6 heteroatoms. The van der Waals surface area contributed by atoms with Crippen LogP contribution in [0, 0.1) is 16.5 Å². The second kappa shape index (κ2) is 5.02. The maximum absolute atomic E-state index is 12.8. The predicted molar refractivity (Wildman–Crippen MR) is 66.0 cm³/mol. The first kappa shape index (κ1) is 12.3. The number of benzene rings is 1.